The van der Waals surface area contributed by atoms with Crippen molar-refractivity contribution in [3.05, 3.63) is 102 Å². The number of pyridine rings is 1. The molecule has 1 fully saturated rings. The van der Waals surface area contributed by atoms with Gasteiger partial charge in [0.25, 0.3) is 0 Å². The number of carboxylic acid groups (broad SMARTS) is 1. The lowest BCUT2D eigenvalue weighted by Gasteiger charge is -2.23. The average Bonchev–Trinajstić information content (AvgIpc) is 3.28. The maximum absolute atomic E-state index is 10.7. The third-order valence-electron chi connectivity index (χ3n) is 6.20. The van der Waals surface area contributed by atoms with E-state index < -0.39 is 5.97 Å². The molecule has 2 aromatic carbocycles. The van der Waals surface area contributed by atoms with Crippen LogP contribution >= 0.6 is 0 Å². The van der Waals surface area contributed by atoms with E-state index in [4.69, 9.17) is 14.6 Å². The molecule has 3 aromatic rings. The van der Waals surface area contributed by atoms with Crippen LogP contribution in [0.15, 0.2) is 91.3 Å². The summed E-state index contributed by atoms with van der Waals surface area (Å²) in [5, 5.41) is 8.79. The molecule has 4 rings (SSSR count). The zero-order valence-corrected chi connectivity index (χ0v) is 19.3. The van der Waals surface area contributed by atoms with Gasteiger partial charge in [0.15, 0.2) is 0 Å². The maximum atomic E-state index is 10.7. The number of aliphatic carboxylic acids is 1. The largest absolute Gasteiger partial charge is 0.481 e. The summed E-state index contributed by atoms with van der Waals surface area (Å²) in [7, 11) is 0. The summed E-state index contributed by atoms with van der Waals surface area (Å²) in [4.78, 5) is 15.0. The molecule has 1 N–H and O–H groups in total. The Kier molecular flexibility index (Phi) is 8.60. The molecule has 3 atom stereocenters. The molecule has 176 valence electrons. The zero-order valence-electron chi connectivity index (χ0n) is 19.3. The minimum atomic E-state index is -0.768. The van der Waals surface area contributed by atoms with Crippen LogP contribution in [0.4, 0.5) is 0 Å². The minimum Gasteiger partial charge on any atom is -0.481 e. The topological polar surface area (TPSA) is 68.7 Å². The van der Waals surface area contributed by atoms with E-state index in [0.717, 1.165) is 24.0 Å². The molecule has 1 aromatic heterocycles. The Balaban J connectivity index is 1.37. The van der Waals surface area contributed by atoms with Crippen LogP contribution in [-0.2, 0) is 20.9 Å². The number of carboxylic acids is 1. The lowest BCUT2D eigenvalue weighted by molar-refractivity contribution is -0.136. The molecule has 34 heavy (non-hydrogen) atoms. The van der Waals surface area contributed by atoms with Gasteiger partial charge in [0.1, 0.15) is 0 Å². The summed E-state index contributed by atoms with van der Waals surface area (Å²) in [6.45, 7) is 1.09. The minimum absolute atomic E-state index is 0.00794. The second kappa shape index (κ2) is 12.3. The van der Waals surface area contributed by atoms with Crippen molar-refractivity contribution >= 4 is 5.97 Å². The van der Waals surface area contributed by atoms with Crippen molar-refractivity contribution in [3.8, 4) is 11.1 Å². The average molecular weight is 458 g/mol. The number of nitrogens with zero attached hydrogens (tertiary/aromatic N) is 1. The fourth-order valence-electron chi connectivity index (χ4n) is 4.40. The summed E-state index contributed by atoms with van der Waals surface area (Å²) in [6, 6.07) is 22.8. The fraction of sp³-hybridized carbons (Fsp3) is 0.310. The summed E-state index contributed by atoms with van der Waals surface area (Å²) >= 11 is 0. The Morgan fingerprint density at radius 3 is 2.50 bits per heavy atom. The number of aromatic nitrogens is 1. The molecule has 1 aliphatic heterocycles. The van der Waals surface area contributed by atoms with Gasteiger partial charge < -0.3 is 14.6 Å². The molecular weight excluding hydrogens is 426 g/mol. The van der Waals surface area contributed by atoms with Crippen LogP contribution in [0, 0.1) is 5.92 Å². The predicted octanol–water partition coefficient (Wildman–Crippen LogP) is 6.22. The lowest BCUT2D eigenvalue weighted by Crippen LogP contribution is -2.23. The van der Waals surface area contributed by atoms with Crippen molar-refractivity contribution in [2.24, 2.45) is 5.92 Å². The van der Waals surface area contributed by atoms with Crippen molar-refractivity contribution in [1.82, 2.24) is 4.98 Å². The van der Waals surface area contributed by atoms with E-state index in [9.17, 15) is 4.79 Å². The van der Waals surface area contributed by atoms with Gasteiger partial charge in [-0.2, -0.15) is 0 Å². The van der Waals surface area contributed by atoms with E-state index in [1.54, 1.807) is 6.20 Å². The van der Waals surface area contributed by atoms with Gasteiger partial charge >= 0.3 is 5.97 Å². The third-order valence-corrected chi connectivity index (χ3v) is 6.20. The van der Waals surface area contributed by atoms with Gasteiger partial charge in [-0.25, -0.2) is 0 Å². The zero-order chi connectivity index (χ0) is 23.6. The van der Waals surface area contributed by atoms with Gasteiger partial charge in [0, 0.05) is 24.7 Å². The summed E-state index contributed by atoms with van der Waals surface area (Å²) in [5.41, 5.74) is 4.60. The van der Waals surface area contributed by atoms with Gasteiger partial charge in [-0.15, -0.1) is 0 Å². The molecule has 0 saturated carbocycles. The van der Waals surface area contributed by atoms with E-state index in [2.05, 4.69) is 53.5 Å². The first-order valence-electron chi connectivity index (χ1n) is 11.8. The molecular formula is C29H31NO4. The van der Waals surface area contributed by atoms with Crippen LogP contribution in [0.1, 0.15) is 42.9 Å². The summed E-state index contributed by atoms with van der Waals surface area (Å²) in [6.07, 6.45) is 10.1. The van der Waals surface area contributed by atoms with Gasteiger partial charge in [0.2, 0.25) is 0 Å². The Labute approximate surface area is 201 Å². The highest BCUT2D eigenvalue weighted by Gasteiger charge is 2.38. The molecule has 0 amide bonds. The van der Waals surface area contributed by atoms with E-state index in [0.29, 0.717) is 19.6 Å². The van der Waals surface area contributed by atoms with Crippen LogP contribution in [0.3, 0.4) is 0 Å². The van der Waals surface area contributed by atoms with Crippen molar-refractivity contribution in [2.45, 2.75) is 44.5 Å². The number of benzene rings is 2. The van der Waals surface area contributed by atoms with E-state index in [1.807, 2.05) is 36.5 Å². The van der Waals surface area contributed by atoms with Gasteiger partial charge in [-0.05, 0) is 47.6 Å². The molecule has 1 saturated heterocycles. The van der Waals surface area contributed by atoms with Crippen LogP contribution in [0.5, 0.6) is 0 Å². The van der Waals surface area contributed by atoms with Crippen LogP contribution in [-0.4, -0.2) is 28.8 Å². The molecule has 5 nitrogen and oxygen atoms in total. The Morgan fingerprint density at radius 2 is 1.76 bits per heavy atom. The quantitative estimate of drug-likeness (QED) is 0.346. The number of allylic oxidation sites excluding steroid dienone is 2. The second-order valence-corrected chi connectivity index (χ2v) is 8.60. The van der Waals surface area contributed by atoms with Crippen molar-refractivity contribution < 1.29 is 19.4 Å². The van der Waals surface area contributed by atoms with Crippen molar-refractivity contribution in [1.29, 1.82) is 0 Å². The van der Waals surface area contributed by atoms with Gasteiger partial charge in [-0.1, -0.05) is 72.8 Å². The molecule has 5 heteroatoms. The van der Waals surface area contributed by atoms with E-state index >= 15 is 0 Å². The molecule has 0 aliphatic carbocycles. The standard InChI is InChI=1S/C29H31NO4/c31-28(32)13-7-2-1-6-12-26-27(21-34-29(26)25-11-8-18-30-19-25)33-20-22-14-16-24(17-15-22)23-9-4-3-5-10-23/h1-5,8-11,14-19,26-27,29H,6-7,12-13,20-21H2,(H,31,32)/t26-,27-,29-/m0/s1. The highest BCUT2D eigenvalue weighted by Crippen LogP contribution is 2.39. The highest BCUT2D eigenvalue weighted by atomic mass is 16.6. The normalized spacial score (nSPS) is 20.1. The fourth-order valence-corrected chi connectivity index (χ4v) is 4.40. The number of hydrogen-bond donors (Lipinski definition) is 1. The Hall–Kier alpha value is -3.28. The maximum Gasteiger partial charge on any atom is 0.303 e. The van der Waals surface area contributed by atoms with Crippen molar-refractivity contribution in [3.63, 3.8) is 0 Å². The predicted molar refractivity (Wildman–Crippen MR) is 132 cm³/mol. The number of hydrogen-bond acceptors (Lipinski definition) is 4. The monoisotopic (exact) mass is 457 g/mol. The molecule has 0 radical (unpaired) electrons. The second-order valence-electron chi connectivity index (χ2n) is 8.60. The van der Waals surface area contributed by atoms with Crippen LogP contribution < -0.4 is 0 Å². The van der Waals surface area contributed by atoms with Crippen molar-refractivity contribution in [2.75, 3.05) is 6.61 Å². The molecule has 0 unspecified atom stereocenters. The lowest BCUT2D eigenvalue weighted by atomic mass is 9.90. The Morgan fingerprint density at radius 1 is 1.00 bits per heavy atom. The number of ether oxygens (including phenoxy) is 2. The first-order valence-corrected chi connectivity index (χ1v) is 11.8. The highest BCUT2D eigenvalue weighted by molar-refractivity contribution is 5.66. The van der Waals surface area contributed by atoms with E-state index in [1.165, 1.54) is 11.1 Å². The first-order chi connectivity index (χ1) is 16.7. The molecule has 1 aliphatic rings. The summed E-state index contributed by atoms with van der Waals surface area (Å²) < 4.78 is 12.5. The van der Waals surface area contributed by atoms with Gasteiger partial charge in [0.05, 0.1) is 25.4 Å². The summed E-state index contributed by atoms with van der Waals surface area (Å²) in [5.74, 6) is -0.562. The van der Waals surface area contributed by atoms with Crippen LogP contribution in [0.25, 0.3) is 11.1 Å². The van der Waals surface area contributed by atoms with E-state index in [-0.39, 0.29) is 24.5 Å². The Bertz CT molecular complexity index is 1050. The molecule has 0 bridgehead atoms. The third kappa shape index (κ3) is 6.62. The molecule has 0 spiro atoms. The van der Waals surface area contributed by atoms with Crippen LogP contribution in [0.2, 0.25) is 0 Å². The SMILES string of the molecule is O=C(O)CCC=CCC[C@H]1[C@@H](OCc2ccc(-c3ccccc3)cc2)CO[C@H]1c1cccnc1. The smallest absolute Gasteiger partial charge is 0.303 e. The number of carbonyl (C=O) groups is 1. The van der Waals surface area contributed by atoms with Gasteiger partial charge in [-0.3, -0.25) is 9.78 Å². The molecule has 2 heterocycles. The number of rotatable bonds is 11. The first kappa shape index (κ1) is 23.9.